The number of aromatic nitrogens is 2. The van der Waals surface area contributed by atoms with Gasteiger partial charge in [0.15, 0.2) is 0 Å². The Bertz CT molecular complexity index is 1480. The number of amides is 1. The molecule has 0 bridgehead atoms. The quantitative estimate of drug-likeness (QED) is 0.344. The molecule has 8 nitrogen and oxygen atoms in total. The predicted molar refractivity (Wildman–Crippen MR) is 128 cm³/mol. The van der Waals surface area contributed by atoms with Crippen molar-refractivity contribution in [2.45, 2.75) is 6.92 Å². The summed E-state index contributed by atoms with van der Waals surface area (Å²) in [6.07, 6.45) is 2.74. The zero-order valence-corrected chi connectivity index (χ0v) is 18.5. The molecule has 4 aromatic rings. The van der Waals surface area contributed by atoms with Crippen molar-refractivity contribution >= 4 is 23.3 Å². The molecular weight excluding hydrogens is 432 g/mol. The molecule has 0 aliphatic rings. The SMILES string of the molecule is COc1ccc(Oc2nc3ccccn3c(=O)c2/C=C(\C#N)C(=O)Nc2ccc(C)cc2)cc1. The lowest BCUT2D eigenvalue weighted by Crippen LogP contribution is -2.20. The number of hydrogen-bond donors (Lipinski definition) is 1. The number of rotatable bonds is 6. The van der Waals surface area contributed by atoms with Gasteiger partial charge in [-0.1, -0.05) is 23.8 Å². The lowest BCUT2D eigenvalue weighted by molar-refractivity contribution is -0.112. The van der Waals surface area contributed by atoms with Gasteiger partial charge >= 0.3 is 0 Å². The van der Waals surface area contributed by atoms with Crippen LogP contribution in [0.25, 0.3) is 11.7 Å². The number of aryl methyl sites for hydroxylation is 1. The maximum Gasteiger partial charge on any atom is 0.269 e. The molecule has 4 rings (SSSR count). The number of pyridine rings is 1. The highest BCUT2D eigenvalue weighted by Gasteiger charge is 2.17. The number of carbonyl (C=O) groups excluding carboxylic acids is 1. The minimum absolute atomic E-state index is 0.0303. The third kappa shape index (κ3) is 4.79. The van der Waals surface area contributed by atoms with E-state index in [0.29, 0.717) is 22.8 Å². The van der Waals surface area contributed by atoms with E-state index in [1.54, 1.807) is 67.9 Å². The molecule has 168 valence electrons. The summed E-state index contributed by atoms with van der Waals surface area (Å²) in [5.41, 5.74) is 1.13. The Morgan fingerprint density at radius 1 is 1.06 bits per heavy atom. The van der Waals surface area contributed by atoms with Crippen LogP contribution in [-0.4, -0.2) is 22.4 Å². The van der Waals surface area contributed by atoms with Crippen LogP contribution in [0, 0.1) is 18.3 Å². The number of nitrogens with one attached hydrogen (secondary N) is 1. The normalized spacial score (nSPS) is 11.0. The lowest BCUT2D eigenvalue weighted by atomic mass is 10.1. The van der Waals surface area contributed by atoms with Crippen LogP contribution < -0.4 is 20.3 Å². The van der Waals surface area contributed by atoms with E-state index >= 15 is 0 Å². The molecule has 0 atom stereocenters. The van der Waals surface area contributed by atoms with E-state index in [4.69, 9.17) is 9.47 Å². The molecule has 34 heavy (non-hydrogen) atoms. The van der Waals surface area contributed by atoms with Gasteiger partial charge in [0.2, 0.25) is 5.88 Å². The number of fused-ring (bicyclic) bond motifs is 1. The van der Waals surface area contributed by atoms with Gasteiger partial charge < -0.3 is 14.8 Å². The second-order valence-corrected chi connectivity index (χ2v) is 7.33. The molecule has 0 spiro atoms. The van der Waals surface area contributed by atoms with Crippen molar-refractivity contribution < 1.29 is 14.3 Å². The first-order valence-electron chi connectivity index (χ1n) is 10.3. The van der Waals surface area contributed by atoms with Gasteiger partial charge in [-0.2, -0.15) is 10.2 Å². The molecule has 1 N–H and O–H groups in total. The number of carbonyl (C=O) groups is 1. The van der Waals surface area contributed by atoms with E-state index in [2.05, 4.69) is 10.3 Å². The standard InChI is InChI=1S/C26H20N4O4/c1-17-6-8-19(9-7-17)28-24(31)18(16-27)15-22-25(34-21-12-10-20(33-2)11-13-21)29-23-5-3-4-14-30(23)26(22)32/h3-15H,1-2H3,(H,28,31)/b18-15+. The molecule has 1 amide bonds. The number of nitrogens with zero attached hydrogens (tertiary/aromatic N) is 3. The van der Waals surface area contributed by atoms with E-state index in [9.17, 15) is 14.9 Å². The largest absolute Gasteiger partial charge is 0.497 e. The van der Waals surface area contributed by atoms with Crippen LogP contribution in [0.4, 0.5) is 5.69 Å². The number of methoxy groups -OCH3 is 1. The van der Waals surface area contributed by atoms with Crippen LogP contribution in [0.2, 0.25) is 0 Å². The summed E-state index contributed by atoms with van der Waals surface area (Å²) in [5.74, 6) is 0.361. The second-order valence-electron chi connectivity index (χ2n) is 7.33. The number of benzene rings is 2. The van der Waals surface area contributed by atoms with Gasteiger partial charge in [-0.25, -0.2) is 0 Å². The zero-order valence-electron chi connectivity index (χ0n) is 18.5. The fourth-order valence-electron chi connectivity index (χ4n) is 3.17. The minimum atomic E-state index is -0.653. The summed E-state index contributed by atoms with van der Waals surface area (Å²) in [5, 5.41) is 12.3. The van der Waals surface area contributed by atoms with E-state index < -0.39 is 11.5 Å². The Hall–Kier alpha value is -4.90. The lowest BCUT2D eigenvalue weighted by Gasteiger charge is -2.11. The summed E-state index contributed by atoms with van der Waals surface area (Å²) in [4.78, 5) is 30.4. The van der Waals surface area contributed by atoms with Crippen LogP contribution in [0.15, 0.2) is 83.3 Å². The first-order valence-corrected chi connectivity index (χ1v) is 10.3. The number of anilines is 1. The van der Waals surface area contributed by atoms with Crippen molar-refractivity contribution in [2.24, 2.45) is 0 Å². The van der Waals surface area contributed by atoms with Crippen LogP contribution in [0.5, 0.6) is 17.4 Å². The molecule has 0 fully saturated rings. The highest BCUT2D eigenvalue weighted by Crippen LogP contribution is 2.26. The summed E-state index contributed by atoms with van der Waals surface area (Å²) in [6.45, 7) is 1.93. The Morgan fingerprint density at radius 3 is 2.44 bits per heavy atom. The van der Waals surface area contributed by atoms with E-state index in [1.165, 1.54) is 10.5 Å². The van der Waals surface area contributed by atoms with E-state index in [0.717, 1.165) is 5.56 Å². The summed E-state index contributed by atoms with van der Waals surface area (Å²) >= 11 is 0. The maximum atomic E-state index is 13.2. The molecule has 0 radical (unpaired) electrons. The number of nitriles is 1. The second kappa shape index (κ2) is 9.71. The molecule has 0 unspecified atom stereocenters. The summed E-state index contributed by atoms with van der Waals surface area (Å²) < 4.78 is 12.4. The molecule has 2 heterocycles. The molecule has 0 saturated carbocycles. The van der Waals surface area contributed by atoms with Crippen LogP contribution >= 0.6 is 0 Å². The Labute approximate surface area is 195 Å². The van der Waals surface area contributed by atoms with Gasteiger partial charge in [0.05, 0.1) is 7.11 Å². The van der Waals surface area contributed by atoms with Crippen molar-refractivity contribution in [3.05, 3.63) is 100.0 Å². The third-order valence-electron chi connectivity index (χ3n) is 4.97. The highest BCUT2D eigenvalue weighted by atomic mass is 16.5. The Kier molecular flexibility index (Phi) is 6.37. The maximum absolute atomic E-state index is 13.2. The number of hydrogen-bond acceptors (Lipinski definition) is 6. The van der Waals surface area contributed by atoms with Gasteiger partial charge in [0.1, 0.15) is 34.4 Å². The van der Waals surface area contributed by atoms with Crippen LogP contribution in [0.3, 0.4) is 0 Å². The topological polar surface area (TPSA) is 106 Å². The van der Waals surface area contributed by atoms with Crippen molar-refractivity contribution in [2.75, 3.05) is 12.4 Å². The van der Waals surface area contributed by atoms with Crippen molar-refractivity contribution in [3.8, 4) is 23.4 Å². The molecule has 2 aromatic carbocycles. The Morgan fingerprint density at radius 2 is 1.76 bits per heavy atom. The first kappa shape index (κ1) is 22.3. The van der Waals surface area contributed by atoms with Gasteiger partial charge in [-0.05, 0) is 61.5 Å². The van der Waals surface area contributed by atoms with Gasteiger partial charge in [0.25, 0.3) is 11.5 Å². The van der Waals surface area contributed by atoms with Gasteiger partial charge in [-0.3, -0.25) is 14.0 Å². The average molecular weight is 452 g/mol. The smallest absolute Gasteiger partial charge is 0.269 e. The van der Waals surface area contributed by atoms with Crippen molar-refractivity contribution in [3.63, 3.8) is 0 Å². The van der Waals surface area contributed by atoms with Crippen molar-refractivity contribution in [1.29, 1.82) is 5.26 Å². The van der Waals surface area contributed by atoms with Crippen LogP contribution in [-0.2, 0) is 4.79 Å². The summed E-state index contributed by atoms with van der Waals surface area (Å²) in [7, 11) is 1.55. The fraction of sp³-hybridized carbons (Fsp3) is 0.0769. The summed E-state index contributed by atoms with van der Waals surface area (Å²) in [6, 6.07) is 20.8. The number of ether oxygens (including phenoxy) is 2. The monoisotopic (exact) mass is 452 g/mol. The highest BCUT2D eigenvalue weighted by molar-refractivity contribution is 6.09. The molecule has 0 aliphatic heterocycles. The third-order valence-corrected chi connectivity index (χ3v) is 4.97. The van der Waals surface area contributed by atoms with Crippen molar-refractivity contribution in [1.82, 2.24) is 9.38 Å². The predicted octanol–water partition coefficient (Wildman–Crippen LogP) is 4.35. The van der Waals surface area contributed by atoms with E-state index in [-0.39, 0.29) is 17.0 Å². The van der Waals surface area contributed by atoms with E-state index in [1.807, 2.05) is 25.1 Å². The Balaban J connectivity index is 1.77. The molecule has 0 aliphatic carbocycles. The van der Waals surface area contributed by atoms with Gasteiger partial charge in [-0.15, -0.1) is 0 Å². The molecule has 2 aromatic heterocycles. The first-order chi connectivity index (χ1) is 16.5. The van der Waals surface area contributed by atoms with Gasteiger partial charge in [0, 0.05) is 11.9 Å². The average Bonchev–Trinajstić information content (AvgIpc) is 2.86. The molecular formula is C26H20N4O4. The molecule has 0 saturated heterocycles. The fourth-order valence-corrected chi connectivity index (χ4v) is 3.17. The zero-order chi connectivity index (χ0) is 24.1. The minimum Gasteiger partial charge on any atom is -0.497 e. The molecule has 8 heteroatoms. The van der Waals surface area contributed by atoms with Crippen LogP contribution in [0.1, 0.15) is 11.1 Å².